The molecule has 2 rings (SSSR count). The van der Waals surface area contributed by atoms with Crippen LogP contribution in [0, 0.1) is 5.92 Å². The van der Waals surface area contributed by atoms with E-state index in [9.17, 15) is 4.79 Å². The summed E-state index contributed by atoms with van der Waals surface area (Å²) in [7, 11) is 0. The third kappa shape index (κ3) is 5.83. The molecule has 1 aromatic carbocycles. The Balaban J connectivity index is 1.97. The summed E-state index contributed by atoms with van der Waals surface area (Å²) in [6, 6.07) is 12.2. The van der Waals surface area contributed by atoms with E-state index >= 15 is 0 Å². The fraction of sp³-hybridized carbons (Fsp3) is 0.400. The molecule has 134 valence electrons. The van der Waals surface area contributed by atoms with Gasteiger partial charge in [-0.1, -0.05) is 63.1 Å². The van der Waals surface area contributed by atoms with Gasteiger partial charge in [0.2, 0.25) is 5.91 Å². The maximum Gasteiger partial charge on any atom is 0.238 e. The van der Waals surface area contributed by atoms with Gasteiger partial charge in [0, 0.05) is 12.2 Å². The molecule has 5 heteroatoms. The van der Waals surface area contributed by atoms with Crippen LogP contribution in [-0.2, 0) is 11.2 Å². The molecule has 0 saturated heterocycles. The van der Waals surface area contributed by atoms with E-state index in [4.69, 9.17) is 11.6 Å². The van der Waals surface area contributed by atoms with Gasteiger partial charge >= 0.3 is 0 Å². The summed E-state index contributed by atoms with van der Waals surface area (Å²) in [4.78, 5) is 16.2. The highest BCUT2D eigenvalue weighted by Crippen LogP contribution is 2.22. The van der Waals surface area contributed by atoms with Gasteiger partial charge in [-0.15, -0.1) is 0 Å². The maximum absolute atomic E-state index is 12.2. The molecule has 0 saturated carbocycles. The fourth-order valence-corrected chi connectivity index (χ4v) is 2.96. The molecule has 0 aliphatic heterocycles. The van der Waals surface area contributed by atoms with Crippen LogP contribution in [0.2, 0.25) is 5.15 Å². The number of carbonyl (C=O) groups is 1. The Labute approximate surface area is 155 Å². The highest BCUT2D eigenvalue weighted by atomic mass is 35.5. The molecular formula is C20H26ClN3O. The number of halogens is 1. The van der Waals surface area contributed by atoms with Gasteiger partial charge in [-0.3, -0.25) is 4.79 Å². The minimum absolute atomic E-state index is 0.116. The number of nitrogens with one attached hydrogen (secondary N) is 2. The number of aromatic nitrogens is 1. The van der Waals surface area contributed by atoms with E-state index in [2.05, 4.69) is 60.7 Å². The molecule has 0 aliphatic rings. The lowest BCUT2D eigenvalue weighted by molar-refractivity contribution is -0.115. The second kappa shape index (κ2) is 9.54. The summed E-state index contributed by atoms with van der Waals surface area (Å²) < 4.78 is 0. The number of amides is 1. The Morgan fingerprint density at radius 3 is 2.52 bits per heavy atom. The lowest BCUT2D eigenvalue weighted by atomic mass is 9.94. The Bertz CT molecular complexity index is 686. The molecule has 0 unspecified atom stereocenters. The number of aryl methyl sites for hydroxylation is 1. The minimum Gasteiger partial charge on any atom is -0.322 e. The summed E-state index contributed by atoms with van der Waals surface area (Å²) in [6.45, 7) is 6.69. The van der Waals surface area contributed by atoms with Crippen LogP contribution in [0.25, 0.3) is 0 Å². The Hall–Kier alpha value is -1.91. The molecule has 0 fully saturated rings. The second-order valence-electron chi connectivity index (χ2n) is 6.48. The number of rotatable bonds is 8. The van der Waals surface area contributed by atoms with Crippen LogP contribution < -0.4 is 10.6 Å². The lowest BCUT2D eigenvalue weighted by Gasteiger charge is -2.23. The molecule has 2 aromatic rings. The lowest BCUT2D eigenvalue weighted by Crippen LogP contribution is -2.33. The van der Waals surface area contributed by atoms with Gasteiger partial charge in [0.05, 0.1) is 12.2 Å². The predicted molar refractivity (Wildman–Crippen MR) is 104 cm³/mol. The van der Waals surface area contributed by atoms with Gasteiger partial charge in [0.1, 0.15) is 0 Å². The largest absolute Gasteiger partial charge is 0.322 e. The SMILES string of the molecule is CCCc1ccc([C@H](NCC(=O)Nc2cccnc2Cl)C(C)C)cc1. The summed E-state index contributed by atoms with van der Waals surface area (Å²) in [5.41, 5.74) is 3.07. The first-order valence-corrected chi connectivity index (χ1v) is 9.11. The highest BCUT2D eigenvalue weighted by Gasteiger charge is 2.17. The van der Waals surface area contributed by atoms with Crippen molar-refractivity contribution < 1.29 is 4.79 Å². The molecule has 1 heterocycles. The third-order valence-electron chi connectivity index (χ3n) is 4.06. The molecule has 0 aliphatic carbocycles. The first-order valence-electron chi connectivity index (χ1n) is 8.73. The molecule has 0 radical (unpaired) electrons. The van der Waals surface area contributed by atoms with Gasteiger partial charge in [-0.2, -0.15) is 0 Å². The van der Waals surface area contributed by atoms with E-state index in [1.807, 2.05) is 0 Å². The molecule has 4 nitrogen and oxygen atoms in total. The van der Waals surface area contributed by atoms with Crippen molar-refractivity contribution in [2.24, 2.45) is 5.92 Å². The number of hydrogen-bond acceptors (Lipinski definition) is 3. The Morgan fingerprint density at radius 1 is 1.20 bits per heavy atom. The van der Waals surface area contributed by atoms with E-state index in [0.717, 1.165) is 12.8 Å². The predicted octanol–water partition coefficient (Wildman–Crippen LogP) is 4.61. The van der Waals surface area contributed by atoms with Crippen molar-refractivity contribution in [3.05, 3.63) is 58.9 Å². The summed E-state index contributed by atoms with van der Waals surface area (Å²) in [5, 5.41) is 6.43. The van der Waals surface area contributed by atoms with Crippen LogP contribution in [-0.4, -0.2) is 17.4 Å². The molecule has 0 bridgehead atoms. The molecule has 2 N–H and O–H groups in total. The molecule has 1 aromatic heterocycles. The summed E-state index contributed by atoms with van der Waals surface area (Å²) in [6.07, 6.45) is 3.82. The van der Waals surface area contributed by atoms with Gasteiger partial charge in [-0.25, -0.2) is 4.98 Å². The van der Waals surface area contributed by atoms with Crippen molar-refractivity contribution in [3.63, 3.8) is 0 Å². The van der Waals surface area contributed by atoms with E-state index in [-0.39, 0.29) is 18.5 Å². The Kier molecular flexibility index (Phi) is 7.41. The molecule has 1 amide bonds. The van der Waals surface area contributed by atoms with Crippen molar-refractivity contribution in [2.75, 3.05) is 11.9 Å². The molecular weight excluding hydrogens is 334 g/mol. The van der Waals surface area contributed by atoms with Crippen molar-refractivity contribution in [3.8, 4) is 0 Å². The average Bonchev–Trinajstić information content (AvgIpc) is 2.58. The van der Waals surface area contributed by atoms with Crippen LogP contribution in [0.3, 0.4) is 0 Å². The zero-order chi connectivity index (χ0) is 18.2. The number of benzene rings is 1. The normalized spacial score (nSPS) is 12.2. The van der Waals surface area contributed by atoms with Gasteiger partial charge in [-0.05, 0) is 35.6 Å². The van der Waals surface area contributed by atoms with Gasteiger partial charge in [0.25, 0.3) is 0 Å². The smallest absolute Gasteiger partial charge is 0.238 e. The van der Waals surface area contributed by atoms with Crippen molar-refractivity contribution >= 4 is 23.2 Å². The molecule has 1 atom stereocenters. The number of pyridine rings is 1. The van der Waals surface area contributed by atoms with Crippen LogP contribution in [0.5, 0.6) is 0 Å². The molecule has 0 spiro atoms. The van der Waals surface area contributed by atoms with Crippen molar-refractivity contribution in [1.82, 2.24) is 10.3 Å². The van der Waals surface area contributed by atoms with Crippen LogP contribution in [0.15, 0.2) is 42.6 Å². The second-order valence-corrected chi connectivity index (χ2v) is 6.84. The zero-order valence-corrected chi connectivity index (χ0v) is 15.8. The Morgan fingerprint density at radius 2 is 1.92 bits per heavy atom. The topological polar surface area (TPSA) is 54.0 Å². The number of nitrogens with zero attached hydrogens (tertiary/aromatic N) is 1. The quantitative estimate of drug-likeness (QED) is 0.676. The van der Waals surface area contributed by atoms with E-state index in [1.165, 1.54) is 11.1 Å². The monoisotopic (exact) mass is 359 g/mol. The fourth-order valence-electron chi connectivity index (χ4n) is 2.80. The van der Waals surface area contributed by atoms with E-state index in [1.54, 1.807) is 18.3 Å². The summed E-state index contributed by atoms with van der Waals surface area (Å²) in [5.74, 6) is 0.231. The zero-order valence-electron chi connectivity index (χ0n) is 15.1. The van der Waals surface area contributed by atoms with Crippen LogP contribution >= 0.6 is 11.6 Å². The molecule has 25 heavy (non-hydrogen) atoms. The summed E-state index contributed by atoms with van der Waals surface area (Å²) >= 11 is 5.97. The number of hydrogen-bond donors (Lipinski definition) is 2. The first-order chi connectivity index (χ1) is 12.0. The first kappa shape index (κ1) is 19.4. The van der Waals surface area contributed by atoms with Crippen molar-refractivity contribution in [1.29, 1.82) is 0 Å². The highest BCUT2D eigenvalue weighted by molar-refractivity contribution is 6.32. The van der Waals surface area contributed by atoms with Crippen molar-refractivity contribution in [2.45, 2.75) is 39.7 Å². The maximum atomic E-state index is 12.2. The van der Waals surface area contributed by atoms with Gasteiger partial charge < -0.3 is 10.6 Å². The minimum atomic E-state index is -0.136. The van der Waals surface area contributed by atoms with Gasteiger partial charge in [0.15, 0.2) is 5.15 Å². The van der Waals surface area contributed by atoms with Crippen LogP contribution in [0.1, 0.15) is 44.4 Å². The third-order valence-corrected chi connectivity index (χ3v) is 4.36. The number of anilines is 1. The van der Waals surface area contributed by atoms with E-state index in [0.29, 0.717) is 16.8 Å². The standard InChI is InChI=1S/C20H26ClN3O/c1-4-6-15-8-10-16(11-9-15)19(14(2)3)23-13-18(25)24-17-7-5-12-22-20(17)21/h5,7-12,14,19,23H,4,6,13H2,1-3H3,(H,24,25)/t19-/m1/s1. The van der Waals surface area contributed by atoms with Crippen LogP contribution in [0.4, 0.5) is 5.69 Å². The number of carbonyl (C=O) groups excluding carboxylic acids is 1. The van der Waals surface area contributed by atoms with E-state index < -0.39 is 0 Å². The average molecular weight is 360 g/mol.